The molecule has 1 heterocycles. The van der Waals surface area contributed by atoms with Crippen molar-refractivity contribution in [3.05, 3.63) is 29.3 Å². The summed E-state index contributed by atoms with van der Waals surface area (Å²) in [5.41, 5.74) is 1.78. The predicted molar refractivity (Wildman–Crippen MR) is 96.8 cm³/mol. The largest absolute Gasteiger partial charge is 0.497 e. The molecule has 24 heavy (non-hydrogen) atoms. The average Bonchev–Trinajstić information content (AvgIpc) is 2.73. The zero-order valence-electron chi connectivity index (χ0n) is 15.5. The summed E-state index contributed by atoms with van der Waals surface area (Å²) in [6.45, 7) is 8.36. The lowest BCUT2D eigenvalue weighted by molar-refractivity contribution is 0.00578. The molecule has 0 amide bonds. The summed E-state index contributed by atoms with van der Waals surface area (Å²) in [6, 6.07) is 4.04. The first kappa shape index (κ1) is 17.4. The van der Waals surface area contributed by atoms with Crippen LogP contribution < -0.4 is 9.47 Å². The van der Waals surface area contributed by atoms with Crippen molar-refractivity contribution in [2.24, 2.45) is 0 Å². The lowest BCUT2D eigenvalue weighted by atomic mass is 9.71. The molecule has 2 aliphatic rings. The Kier molecular flexibility index (Phi) is 4.43. The zero-order valence-corrected chi connectivity index (χ0v) is 15.5. The van der Waals surface area contributed by atoms with Gasteiger partial charge >= 0.3 is 7.12 Å². The van der Waals surface area contributed by atoms with Crippen LogP contribution in [0, 0.1) is 0 Å². The summed E-state index contributed by atoms with van der Waals surface area (Å²) in [5.74, 6) is 1.99. The Labute approximate surface area is 145 Å². The number of fused-ring (bicyclic) bond motifs is 1. The summed E-state index contributed by atoms with van der Waals surface area (Å²) in [5, 5.41) is 0. The molecule has 1 aromatic carbocycles. The normalized spacial score (nSPS) is 23.9. The second-order valence-corrected chi connectivity index (χ2v) is 7.59. The van der Waals surface area contributed by atoms with Gasteiger partial charge in [0.15, 0.2) is 0 Å². The predicted octanol–water partition coefficient (Wildman–Crippen LogP) is 4.30. The van der Waals surface area contributed by atoms with E-state index in [9.17, 15) is 0 Å². The van der Waals surface area contributed by atoms with Crippen molar-refractivity contribution in [1.29, 1.82) is 0 Å². The molecule has 0 saturated carbocycles. The molecular weight excluding hydrogens is 303 g/mol. The molecule has 0 unspecified atom stereocenters. The second-order valence-electron chi connectivity index (χ2n) is 7.59. The molecule has 1 aliphatic heterocycles. The fourth-order valence-corrected chi connectivity index (χ4v) is 3.42. The first-order valence-corrected chi connectivity index (χ1v) is 8.55. The molecule has 1 atom stereocenters. The minimum Gasteiger partial charge on any atom is -0.497 e. The Morgan fingerprint density at radius 3 is 2.33 bits per heavy atom. The Bertz CT molecular complexity index is 635. The van der Waals surface area contributed by atoms with Crippen LogP contribution in [-0.2, 0) is 9.31 Å². The molecule has 0 N–H and O–H groups in total. The van der Waals surface area contributed by atoms with Gasteiger partial charge in [-0.15, -0.1) is 0 Å². The molecule has 3 rings (SSSR count). The molecule has 0 radical (unpaired) electrons. The maximum atomic E-state index is 6.19. The minimum absolute atomic E-state index is 0.198. The summed E-state index contributed by atoms with van der Waals surface area (Å²) in [6.07, 6.45) is 6.12. The standard InChI is InChI=1S/C19H27BO4/c1-18(2)19(3,4)24-20(23-18)12-13-8-7-9-15-16(13)10-14(21-5)11-17(15)22-6/h7,9-11,13H,8,12H2,1-6H3/t13-/m1/s1. The summed E-state index contributed by atoms with van der Waals surface area (Å²) >= 11 is 0. The third-order valence-electron chi connectivity index (χ3n) is 5.53. The van der Waals surface area contributed by atoms with Crippen LogP contribution in [-0.4, -0.2) is 32.5 Å². The van der Waals surface area contributed by atoms with Gasteiger partial charge in [-0.25, -0.2) is 0 Å². The van der Waals surface area contributed by atoms with Crippen LogP contribution in [0.4, 0.5) is 0 Å². The number of rotatable bonds is 4. The molecule has 1 fully saturated rings. The first-order chi connectivity index (χ1) is 11.3. The molecule has 1 aromatic rings. The van der Waals surface area contributed by atoms with Gasteiger partial charge < -0.3 is 18.8 Å². The highest BCUT2D eigenvalue weighted by Gasteiger charge is 2.51. The van der Waals surface area contributed by atoms with Crippen molar-refractivity contribution in [2.75, 3.05) is 14.2 Å². The van der Waals surface area contributed by atoms with E-state index in [0.717, 1.165) is 29.8 Å². The van der Waals surface area contributed by atoms with E-state index in [0.29, 0.717) is 5.92 Å². The van der Waals surface area contributed by atoms with Crippen LogP contribution in [0.1, 0.15) is 51.2 Å². The van der Waals surface area contributed by atoms with E-state index in [-0.39, 0.29) is 18.3 Å². The molecule has 0 bridgehead atoms. The van der Waals surface area contributed by atoms with E-state index in [1.54, 1.807) is 14.2 Å². The number of hydrogen-bond acceptors (Lipinski definition) is 4. The zero-order chi connectivity index (χ0) is 17.5. The topological polar surface area (TPSA) is 36.9 Å². The van der Waals surface area contributed by atoms with Crippen LogP contribution >= 0.6 is 0 Å². The number of allylic oxidation sites excluding steroid dienone is 1. The minimum atomic E-state index is -0.295. The molecule has 0 spiro atoms. The molecule has 5 heteroatoms. The van der Waals surface area contributed by atoms with Crippen LogP contribution in [0.15, 0.2) is 18.2 Å². The monoisotopic (exact) mass is 330 g/mol. The SMILES string of the molecule is COc1cc(OC)c2c(c1)[C@@H](CB1OC(C)(C)C(C)(C)O1)CC=C2. The van der Waals surface area contributed by atoms with E-state index in [2.05, 4.69) is 45.9 Å². The van der Waals surface area contributed by atoms with Gasteiger partial charge in [-0.05, 0) is 58.0 Å². The fraction of sp³-hybridized carbons (Fsp3) is 0.579. The van der Waals surface area contributed by atoms with Gasteiger partial charge in [-0.2, -0.15) is 0 Å². The Balaban J connectivity index is 1.87. The molecule has 1 saturated heterocycles. The quantitative estimate of drug-likeness (QED) is 0.772. The van der Waals surface area contributed by atoms with Gasteiger partial charge in [0.2, 0.25) is 0 Å². The Hall–Kier alpha value is -1.46. The molecule has 130 valence electrons. The number of benzene rings is 1. The van der Waals surface area contributed by atoms with Crippen LogP contribution in [0.25, 0.3) is 6.08 Å². The highest BCUT2D eigenvalue weighted by molar-refractivity contribution is 6.45. The molecule has 4 nitrogen and oxygen atoms in total. The van der Waals surface area contributed by atoms with Crippen molar-refractivity contribution in [3.8, 4) is 11.5 Å². The van der Waals surface area contributed by atoms with Gasteiger partial charge in [-0.3, -0.25) is 0 Å². The molecule has 0 aromatic heterocycles. The average molecular weight is 330 g/mol. The number of methoxy groups -OCH3 is 2. The van der Waals surface area contributed by atoms with E-state index < -0.39 is 0 Å². The third kappa shape index (κ3) is 2.95. The summed E-state index contributed by atoms with van der Waals surface area (Å²) in [7, 11) is 3.18. The highest BCUT2D eigenvalue weighted by Crippen LogP contribution is 2.44. The lowest BCUT2D eigenvalue weighted by Crippen LogP contribution is -2.41. The smallest absolute Gasteiger partial charge is 0.458 e. The summed E-state index contributed by atoms with van der Waals surface area (Å²) in [4.78, 5) is 0. The van der Waals surface area contributed by atoms with Gasteiger partial charge in [0.25, 0.3) is 0 Å². The van der Waals surface area contributed by atoms with Crippen molar-refractivity contribution < 1.29 is 18.8 Å². The van der Waals surface area contributed by atoms with Crippen LogP contribution in [0.2, 0.25) is 6.32 Å². The maximum absolute atomic E-state index is 6.19. The van der Waals surface area contributed by atoms with Gasteiger partial charge in [0.05, 0.1) is 25.4 Å². The van der Waals surface area contributed by atoms with Crippen LogP contribution in [0.3, 0.4) is 0 Å². The molecular formula is C19H27BO4. The molecule has 1 aliphatic carbocycles. The van der Waals surface area contributed by atoms with E-state index in [1.807, 2.05) is 6.07 Å². The highest BCUT2D eigenvalue weighted by atomic mass is 16.7. The van der Waals surface area contributed by atoms with Crippen molar-refractivity contribution in [3.63, 3.8) is 0 Å². The van der Waals surface area contributed by atoms with Gasteiger partial charge in [0.1, 0.15) is 11.5 Å². The summed E-state index contributed by atoms with van der Waals surface area (Å²) < 4.78 is 23.4. The number of ether oxygens (including phenoxy) is 2. The van der Waals surface area contributed by atoms with E-state index in [1.165, 1.54) is 5.56 Å². The van der Waals surface area contributed by atoms with Crippen LogP contribution in [0.5, 0.6) is 11.5 Å². The van der Waals surface area contributed by atoms with Crippen molar-refractivity contribution in [2.45, 2.75) is 57.6 Å². The van der Waals surface area contributed by atoms with E-state index in [4.69, 9.17) is 18.8 Å². The fourth-order valence-electron chi connectivity index (χ4n) is 3.42. The lowest BCUT2D eigenvalue weighted by Gasteiger charge is -2.32. The van der Waals surface area contributed by atoms with Crippen molar-refractivity contribution in [1.82, 2.24) is 0 Å². The first-order valence-electron chi connectivity index (χ1n) is 8.55. The van der Waals surface area contributed by atoms with Crippen molar-refractivity contribution >= 4 is 13.2 Å². The van der Waals surface area contributed by atoms with Gasteiger partial charge in [-0.1, -0.05) is 12.2 Å². The van der Waals surface area contributed by atoms with E-state index >= 15 is 0 Å². The number of hydrogen-bond donors (Lipinski definition) is 0. The third-order valence-corrected chi connectivity index (χ3v) is 5.53. The maximum Gasteiger partial charge on any atom is 0.458 e. The second kappa shape index (κ2) is 6.12. The Morgan fingerprint density at radius 1 is 1.08 bits per heavy atom. The van der Waals surface area contributed by atoms with Gasteiger partial charge in [0, 0.05) is 11.6 Å². The Morgan fingerprint density at radius 2 is 1.75 bits per heavy atom.